The minimum atomic E-state index is -0.0252. The zero-order valence-electron chi connectivity index (χ0n) is 9.75. The first-order valence-corrected chi connectivity index (χ1v) is 6.23. The van der Waals surface area contributed by atoms with E-state index in [1.807, 2.05) is 30.5 Å². The van der Waals surface area contributed by atoms with Crippen LogP contribution in [0.5, 0.6) is 11.5 Å². The topological polar surface area (TPSA) is 57.4 Å². The summed E-state index contributed by atoms with van der Waals surface area (Å²) in [4.78, 5) is 4.50. The van der Waals surface area contributed by atoms with E-state index in [4.69, 9.17) is 15.2 Å². The highest BCUT2D eigenvalue weighted by atomic mass is 35.5. The van der Waals surface area contributed by atoms with E-state index in [2.05, 4.69) is 4.98 Å². The van der Waals surface area contributed by atoms with Crippen molar-refractivity contribution in [3.63, 3.8) is 0 Å². The van der Waals surface area contributed by atoms with E-state index in [-0.39, 0.29) is 18.4 Å². The molecule has 2 heterocycles. The van der Waals surface area contributed by atoms with E-state index in [9.17, 15) is 0 Å². The van der Waals surface area contributed by atoms with Crippen LogP contribution in [0.25, 0.3) is 11.3 Å². The Morgan fingerprint density at radius 3 is 2.83 bits per heavy atom. The molecule has 96 valence electrons. The fourth-order valence-corrected chi connectivity index (χ4v) is 2.47. The summed E-state index contributed by atoms with van der Waals surface area (Å²) in [7, 11) is 0. The van der Waals surface area contributed by atoms with Gasteiger partial charge in [-0.05, 0) is 25.1 Å². The molecule has 2 aromatic rings. The number of nitrogens with two attached hydrogens (primary N) is 1. The highest BCUT2D eigenvalue weighted by Gasteiger charge is 2.15. The molecule has 1 atom stereocenters. The summed E-state index contributed by atoms with van der Waals surface area (Å²) in [5, 5.41) is 2.95. The average molecular weight is 285 g/mol. The lowest BCUT2D eigenvalue weighted by molar-refractivity contribution is 0.174. The van der Waals surface area contributed by atoms with Gasteiger partial charge in [-0.1, -0.05) is 0 Å². The number of rotatable bonds is 2. The summed E-state index contributed by atoms with van der Waals surface area (Å²) < 4.78 is 10.6. The van der Waals surface area contributed by atoms with Crippen LogP contribution in [-0.2, 0) is 0 Å². The highest BCUT2D eigenvalue weighted by molar-refractivity contribution is 7.10. The molecule has 1 aliphatic heterocycles. The first-order chi connectivity index (χ1) is 8.24. The smallest absolute Gasteiger partial charge is 0.231 e. The summed E-state index contributed by atoms with van der Waals surface area (Å²) >= 11 is 1.58. The van der Waals surface area contributed by atoms with Crippen molar-refractivity contribution in [2.75, 3.05) is 6.79 Å². The Kier molecular flexibility index (Phi) is 3.75. The van der Waals surface area contributed by atoms with Crippen LogP contribution in [0.2, 0.25) is 0 Å². The molecule has 0 amide bonds. The first kappa shape index (κ1) is 13.1. The Hall–Kier alpha value is -1.30. The lowest BCUT2D eigenvalue weighted by Gasteiger charge is -2.00. The van der Waals surface area contributed by atoms with Crippen molar-refractivity contribution in [1.29, 1.82) is 0 Å². The van der Waals surface area contributed by atoms with E-state index >= 15 is 0 Å². The number of halogens is 1. The van der Waals surface area contributed by atoms with Crippen LogP contribution >= 0.6 is 23.7 Å². The fourth-order valence-electron chi connectivity index (χ4n) is 1.69. The Labute approximate surface area is 115 Å². The van der Waals surface area contributed by atoms with Crippen molar-refractivity contribution in [3.05, 3.63) is 28.6 Å². The number of benzene rings is 1. The summed E-state index contributed by atoms with van der Waals surface area (Å²) in [6.45, 7) is 2.23. The molecule has 2 N–H and O–H groups in total. The largest absolute Gasteiger partial charge is 0.454 e. The van der Waals surface area contributed by atoms with Crippen LogP contribution in [0.1, 0.15) is 18.0 Å². The van der Waals surface area contributed by atoms with Gasteiger partial charge in [-0.25, -0.2) is 4.98 Å². The molecule has 1 aliphatic rings. The van der Waals surface area contributed by atoms with Crippen LogP contribution in [0.3, 0.4) is 0 Å². The van der Waals surface area contributed by atoms with Crippen LogP contribution in [-0.4, -0.2) is 11.8 Å². The normalized spacial score (nSPS) is 14.1. The first-order valence-electron chi connectivity index (χ1n) is 5.35. The third kappa shape index (κ3) is 2.29. The highest BCUT2D eigenvalue weighted by Crippen LogP contribution is 2.36. The molecule has 0 fully saturated rings. The van der Waals surface area contributed by atoms with Crippen LogP contribution < -0.4 is 15.2 Å². The number of fused-ring (bicyclic) bond motifs is 1. The molecule has 1 unspecified atom stereocenters. The third-order valence-electron chi connectivity index (χ3n) is 2.58. The van der Waals surface area contributed by atoms with Crippen molar-refractivity contribution in [3.8, 4) is 22.8 Å². The molecule has 1 aromatic carbocycles. The van der Waals surface area contributed by atoms with Crippen molar-refractivity contribution in [2.24, 2.45) is 5.73 Å². The zero-order chi connectivity index (χ0) is 11.8. The molecule has 0 spiro atoms. The zero-order valence-corrected chi connectivity index (χ0v) is 11.4. The van der Waals surface area contributed by atoms with Gasteiger partial charge in [0.2, 0.25) is 6.79 Å². The monoisotopic (exact) mass is 284 g/mol. The predicted molar refractivity (Wildman–Crippen MR) is 73.5 cm³/mol. The number of nitrogens with zero attached hydrogens (tertiary/aromatic N) is 1. The van der Waals surface area contributed by atoms with E-state index in [0.29, 0.717) is 6.79 Å². The maximum atomic E-state index is 5.80. The van der Waals surface area contributed by atoms with Gasteiger partial charge in [-0.15, -0.1) is 23.7 Å². The maximum absolute atomic E-state index is 5.80. The SMILES string of the molecule is CC(N)c1nc(-c2ccc3c(c2)OCO3)cs1.Cl. The molecule has 3 rings (SSSR count). The molecule has 0 saturated heterocycles. The molecular weight excluding hydrogens is 272 g/mol. The standard InChI is InChI=1S/C12H12N2O2S.ClH/c1-7(13)12-14-9(5-17-12)8-2-3-10-11(4-8)16-6-15-10;/h2-5,7H,6,13H2,1H3;1H. The summed E-state index contributed by atoms with van der Waals surface area (Å²) in [6.07, 6.45) is 0. The van der Waals surface area contributed by atoms with Gasteiger partial charge in [0.25, 0.3) is 0 Å². The lowest BCUT2D eigenvalue weighted by atomic mass is 10.1. The van der Waals surface area contributed by atoms with Gasteiger partial charge in [0.15, 0.2) is 11.5 Å². The van der Waals surface area contributed by atoms with E-state index in [1.165, 1.54) is 0 Å². The molecule has 0 aliphatic carbocycles. The Morgan fingerprint density at radius 1 is 1.33 bits per heavy atom. The summed E-state index contributed by atoms with van der Waals surface area (Å²) in [5.74, 6) is 1.56. The number of aromatic nitrogens is 1. The lowest BCUT2D eigenvalue weighted by Crippen LogP contribution is -2.03. The van der Waals surface area contributed by atoms with Gasteiger partial charge in [0.1, 0.15) is 5.01 Å². The minimum Gasteiger partial charge on any atom is -0.454 e. The van der Waals surface area contributed by atoms with E-state index < -0.39 is 0 Å². The van der Waals surface area contributed by atoms with Gasteiger partial charge in [-0.2, -0.15) is 0 Å². The Bertz CT molecular complexity index is 557. The molecule has 18 heavy (non-hydrogen) atoms. The molecular formula is C12H13ClN2O2S. The number of hydrogen-bond donors (Lipinski definition) is 1. The maximum Gasteiger partial charge on any atom is 0.231 e. The number of thiazole rings is 1. The Balaban J connectivity index is 0.00000120. The minimum absolute atomic E-state index is 0. The molecule has 6 heteroatoms. The average Bonchev–Trinajstić information content (AvgIpc) is 2.97. The summed E-state index contributed by atoms with van der Waals surface area (Å²) in [5.41, 5.74) is 7.76. The second-order valence-electron chi connectivity index (χ2n) is 3.93. The van der Waals surface area contributed by atoms with Gasteiger partial charge >= 0.3 is 0 Å². The molecule has 0 saturated carbocycles. The van der Waals surface area contributed by atoms with Gasteiger partial charge in [-0.3, -0.25) is 0 Å². The van der Waals surface area contributed by atoms with Crippen molar-refractivity contribution in [1.82, 2.24) is 4.98 Å². The third-order valence-corrected chi connectivity index (χ3v) is 3.63. The van der Waals surface area contributed by atoms with E-state index in [1.54, 1.807) is 11.3 Å². The second-order valence-corrected chi connectivity index (χ2v) is 4.82. The van der Waals surface area contributed by atoms with Gasteiger partial charge in [0, 0.05) is 10.9 Å². The van der Waals surface area contributed by atoms with E-state index in [0.717, 1.165) is 27.8 Å². The summed E-state index contributed by atoms with van der Waals surface area (Å²) in [6, 6.07) is 5.81. The van der Waals surface area contributed by atoms with Crippen LogP contribution in [0.4, 0.5) is 0 Å². The Morgan fingerprint density at radius 2 is 2.11 bits per heavy atom. The number of ether oxygens (including phenoxy) is 2. The van der Waals surface area contributed by atoms with Crippen molar-refractivity contribution in [2.45, 2.75) is 13.0 Å². The second kappa shape index (κ2) is 5.14. The molecule has 0 radical (unpaired) electrons. The van der Waals surface area contributed by atoms with Crippen molar-refractivity contribution >= 4 is 23.7 Å². The van der Waals surface area contributed by atoms with Crippen LogP contribution in [0.15, 0.2) is 23.6 Å². The molecule has 1 aromatic heterocycles. The number of hydrogen-bond acceptors (Lipinski definition) is 5. The molecule has 4 nitrogen and oxygen atoms in total. The van der Waals surface area contributed by atoms with Crippen LogP contribution in [0, 0.1) is 0 Å². The van der Waals surface area contributed by atoms with Crippen molar-refractivity contribution < 1.29 is 9.47 Å². The van der Waals surface area contributed by atoms with Gasteiger partial charge < -0.3 is 15.2 Å². The quantitative estimate of drug-likeness (QED) is 0.921. The predicted octanol–water partition coefficient (Wildman–Crippen LogP) is 2.98. The fraction of sp³-hybridized carbons (Fsp3) is 0.250. The molecule has 0 bridgehead atoms. The van der Waals surface area contributed by atoms with Gasteiger partial charge in [0.05, 0.1) is 11.7 Å².